The van der Waals surface area contributed by atoms with Crippen LogP contribution in [0.2, 0.25) is 0 Å². The summed E-state index contributed by atoms with van der Waals surface area (Å²) in [6, 6.07) is 15.5. The van der Waals surface area contributed by atoms with Crippen LogP contribution in [-0.2, 0) is 4.79 Å². The minimum absolute atomic E-state index is 0.127. The number of aryl methyl sites for hydroxylation is 1. The molecule has 0 aromatic heterocycles. The highest BCUT2D eigenvalue weighted by Crippen LogP contribution is 2.27. The second-order valence-corrected chi connectivity index (χ2v) is 4.99. The third-order valence-electron chi connectivity index (χ3n) is 3.43. The first-order chi connectivity index (χ1) is 10.2. The minimum atomic E-state index is -0.127. The molecule has 0 bridgehead atoms. The van der Waals surface area contributed by atoms with Crippen molar-refractivity contribution in [1.29, 1.82) is 0 Å². The largest absolute Gasteiger partial charge is 0.309 e. The highest BCUT2D eigenvalue weighted by Gasteiger charge is 2.30. The van der Waals surface area contributed by atoms with E-state index in [1.54, 1.807) is 18.2 Å². The van der Waals surface area contributed by atoms with Gasteiger partial charge in [-0.1, -0.05) is 48.0 Å². The summed E-state index contributed by atoms with van der Waals surface area (Å²) >= 11 is 0. The molecule has 0 atom stereocenters. The van der Waals surface area contributed by atoms with Crippen molar-refractivity contribution < 1.29 is 4.79 Å². The Morgan fingerprint density at radius 2 is 1.90 bits per heavy atom. The lowest BCUT2D eigenvalue weighted by atomic mass is 10.1. The number of carbonyl (C=O) groups is 1. The fourth-order valence-corrected chi connectivity index (χ4v) is 2.35. The van der Waals surface area contributed by atoms with E-state index in [4.69, 9.17) is 0 Å². The van der Waals surface area contributed by atoms with E-state index in [0.717, 1.165) is 22.4 Å². The van der Waals surface area contributed by atoms with Crippen LogP contribution < -0.4 is 4.90 Å². The molecule has 0 N–H and O–H groups in total. The Morgan fingerprint density at radius 1 is 1.10 bits per heavy atom. The maximum Gasteiger partial charge on any atom is 0.279 e. The van der Waals surface area contributed by atoms with Gasteiger partial charge in [0.2, 0.25) is 0 Å². The molecule has 104 valence electrons. The summed E-state index contributed by atoms with van der Waals surface area (Å²) in [5.74, 6) is -0.127. The smallest absolute Gasteiger partial charge is 0.279 e. The van der Waals surface area contributed by atoms with Crippen LogP contribution in [0, 0.1) is 6.92 Å². The molecule has 0 aliphatic carbocycles. The number of hydrogen-bond donors (Lipinski definition) is 0. The van der Waals surface area contributed by atoms with Gasteiger partial charge in [0.15, 0.2) is 5.71 Å². The molecule has 0 fully saturated rings. The van der Waals surface area contributed by atoms with Gasteiger partial charge in [-0.15, -0.1) is 5.10 Å². The maximum atomic E-state index is 12.2. The van der Waals surface area contributed by atoms with Crippen LogP contribution in [0.25, 0.3) is 0 Å². The van der Waals surface area contributed by atoms with Crippen molar-refractivity contribution in [3.63, 3.8) is 0 Å². The van der Waals surface area contributed by atoms with Gasteiger partial charge in [0.1, 0.15) is 0 Å². The first-order valence-electron chi connectivity index (χ1n) is 6.72. The molecular weight excluding hydrogens is 262 g/mol. The fraction of sp³-hybridized carbons (Fsp3) is 0.118. The summed E-state index contributed by atoms with van der Waals surface area (Å²) < 4.78 is 0. The van der Waals surface area contributed by atoms with Gasteiger partial charge in [-0.25, -0.2) is 0 Å². The summed E-state index contributed by atoms with van der Waals surface area (Å²) in [6.45, 7) is 2.02. The van der Waals surface area contributed by atoms with Crippen molar-refractivity contribution in [2.24, 2.45) is 10.2 Å². The van der Waals surface area contributed by atoms with E-state index >= 15 is 0 Å². The molecule has 4 heteroatoms. The molecule has 0 radical (unpaired) electrons. The third kappa shape index (κ3) is 2.48. The number of amides is 1. The zero-order valence-corrected chi connectivity index (χ0v) is 11.9. The molecule has 3 rings (SSSR count). The molecule has 0 saturated carbocycles. The van der Waals surface area contributed by atoms with E-state index in [-0.39, 0.29) is 5.91 Å². The van der Waals surface area contributed by atoms with Crippen molar-refractivity contribution in [3.05, 3.63) is 65.2 Å². The molecule has 21 heavy (non-hydrogen) atoms. The van der Waals surface area contributed by atoms with Crippen LogP contribution in [0.1, 0.15) is 16.7 Å². The van der Waals surface area contributed by atoms with Crippen LogP contribution in [-0.4, -0.2) is 24.9 Å². The first kappa shape index (κ1) is 13.2. The van der Waals surface area contributed by atoms with Gasteiger partial charge >= 0.3 is 0 Å². The number of rotatable bonds is 2. The lowest BCUT2D eigenvalue weighted by Gasteiger charge is -2.07. The van der Waals surface area contributed by atoms with Gasteiger partial charge < -0.3 is 4.90 Å². The molecular formula is C17H15N3O. The van der Waals surface area contributed by atoms with Crippen LogP contribution in [0.15, 0.2) is 58.7 Å². The van der Waals surface area contributed by atoms with Gasteiger partial charge in [0.05, 0.1) is 11.9 Å². The van der Waals surface area contributed by atoms with Crippen LogP contribution >= 0.6 is 0 Å². The van der Waals surface area contributed by atoms with Crippen LogP contribution in [0.4, 0.5) is 5.69 Å². The SMILES string of the molecule is Cc1cccc(/C=N\N=C2\C(=O)N(C)c3ccccc32)c1. The molecule has 0 unspecified atom stereocenters. The highest BCUT2D eigenvalue weighted by molar-refractivity contribution is 6.54. The Morgan fingerprint density at radius 3 is 2.71 bits per heavy atom. The van der Waals surface area contributed by atoms with Crippen molar-refractivity contribution in [2.75, 3.05) is 11.9 Å². The van der Waals surface area contributed by atoms with Crippen LogP contribution in [0.3, 0.4) is 0 Å². The Labute approximate surface area is 123 Å². The van der Waals surface area contributed by atoms with E-state index in [2.05, 4.69) is 10.2 Å². The van der Waals surface area contributed by atoms with Crippen LogP contribution in [0.5, 0.6) is 0 Å². The number of fused-ring (bicyclic) bond motifs is 1. The number of carbonyl (C=O) groups excluding carboxylic acids is 1. The zero-order chi connectivity index (χ0) is 14.8. The quantitative estimate of drug-likeness (QED) is 0.615. The molecule has 2 aromatic carbocycles. The van der Waals surface area contributed by atoms with Crippen molar-refractivity contribution in [2.45, 2.75) is 6.92 Å². The topological polar surface area (TPSA) is 45.0 Å². The number of nitrogens with zero attached hydrogens (tertiary/aromatic N) is 3. The van der Waals surface area contributed by atoms with E-state index < -0.39 is 0 Å². The number of anilines is 1. The Hall–Kier alpha value is -2.75. The lowest BCUT2D eigenvalue weighted by molar-refractivity contribution is -0.111. The third-order valence-corrected chi connectivity index (χ3v) is 3.43. The zero-order valence-electron chi connectivity index (χ0n) is 11.9. The highest BCUT2D eigenvalue weighted by atomic mass is 16.2. The summed E-state index contributed by atoms with van der Waals surface area (Å²) in [5.41, 5.74) is 4.20. The number of para-hydroxylation sites is 1. The standard InChI is InChI=1S/C17H15N3O/c1-12-6-5-7-13(10-12)11-18-19-16-14-8-3-4-9-15(14)20(2)17(16)21/h3-11H,1-2H3/b18-11-,19-16+. The number of likely N-dealkylation sites (N-methyl/N-ethyl adjacent to an activating group) is 1. The van der Waals surface area contributed by atoms with Gasteiger partial charge in [-0.2, -0.15) is 5.10 Å². The predicted octanol–water partition coefficient (Wildman–Crippen LogP) is 2.79. The summed E-state index contributed by atoms with van der Waals surface area (Å²) in [5, 5.41) is 8.18. The molecule has 0 spiro atoms. The fourth-order valence-electron chi connectivity index (χ4n) is 2.35. The summed E-state index contributed by atoms with van der Waals surface area (Å²) in [7, 11) is 1.74. The summed E-state index contributed by atoms with van der Waals surface area (Å²) in [4.78, 5) is 13.8. The van der Waals surface area contributed by atoms with Gasteiger partial charge in [0.25, 0.3) is 5.91 Å². The Bertz CT molecular complexity index is 762. The number of hydrogen-bond acceptors (Lipinski definition) is 3. The lowest BCUT2D eigenvalue weighted by Crippen LogP contribution is -2.25. The second-order valence-electron chi connectivity index (χ2n) is 4.99. The molecule has 1 aliphatic rings. The van der Waals surface area contributed by atoms with Crippen molar-refractivity contribution in [3.8, 4) is 0 Å². The number of benzene rings is 2. The van der Waals surface area contributed by atoms with Gasteiger partial charge in [-0.05, 0) is 18.6 Å². The van der Waals surface area contributed by atoms with Gasteiger partial charge in [-0.3, -0.25) is 4.79 Å². The molecule has 1 heterocycles. The molecule has 1 amide bonds. The van der Waals surface area contributed by atoms with E-state index in [0.29, 0.717) is 5.71 Å². The maximum absolute atomic E-state index is 12.2. The minimum Gasteiger partial charge on any atom is -0.309 e. The monoisotopic (exact) mass is 277 g/mol. The van der Waals surface area contributed by atoms with E-state index in [1.165, 1.54) is 0 Å². The van der Waals surface area contributed by atoms with E-state index in [9.17, 15) is 4.79 Å². The normalized spacial score (nSPS) is 16.0. The first-order valence-corrected chi connectivity index (χ1v) is 6.72. The van der Waals surface area contributed by atoms with Gasteiger partial charge in [0, 0.05) is 12.6 Å². The summed E-state index contributed by atoms with van der Waals surface area (Å²) in [6.07, 6.45) is 1.66. The Balaban J connectivity index is 1.92. The van der Waals surface area contributed by atoms with Crippen molar-refractivity contribution in [1.82, 2.24) is 0 Å². The average molecular weight is 277 g/mol. The van der Waals surface area contributed by atoms with Crippen molar-refractivity contribution >= 4 is 23.5 Å². The Kier molecular flexibility index (Phi) is 3.36. The molecule has 2 aromatic rings. The van der Waals surface area contributed by atoms with E-state index in [1.807, 2.05) is 55.5 Å². The average Bonchev–Trinajstić information content (AvgIpc) is 2.73. The molecule has 1 aliphatic heterocycles. The predicted molar refractivity (Wildman–Crippen MR) is 85.2 cm³/mol. The second kappa shape index (κ2) is 5.32. The molecule has 4 nitrogen and oxygen atoms in total. The molecule has 0 saturated heterocycles.